The molecular formula is C18H16N4O3. The summed E-state index contributed by atoms with van der Waals surface area (Å²) in [4.78, 5) is 24.4. The number of hydrogen-bond acceptors (Lipinski definition) is 5. The van der Waals surface area contributed by atoms with E-state index in [0.29, 0.717) is 5.56 Å². The summed E-state index contributed by atoms with van der Waals surface area (Å²) in [5.74, 6) is -0.625. The minimum absolute atomic E-state index is 0.0934. The maximum absolute atomic E-state index is 12.2. The third kappa shape index (κ3) is 4.65. The first-order valence-electron chi connectivity index (χ1n) is 7.35. The van der Waals surface area contributed by atoms with Gasteiger partial charge >= 0.3 is 0 Å². The largest absolute Gasteiger partial charge is 0.378 e. The third-order valence-electron chi connectivity index (χ3n) is 3.40. The third-order valence-corrected chi connectivity index (χ3v) is 3.40. The van der Waals surface area contributed by atoms with E-state index in [1.807, 2.05) is 37.2 Å². The Hall–Kier alpha value is -3.66. The van der Waals surface area contributed by atoms with Crippen molar-refractivity contribution in [2.24, 2.45) is 0 Å². The summed E-state index contributed by atoms with van der Waals surface area (Å²) in [7, 11) is 3.83. The normalized spacial score (nSPS) is 10.7. The van der Waals surface area contributed by atoms with Crippen LogP contribution >= 0.6 is 0 Å². The first kappa shape index (κ1) is 17.7. The summed E-state index contributed by atoms with van der Waals surface area (Å²) < 4.78 is 0. The molecule has 7 nitrogen and oxygen atoms in total. The van der Waals surface area contributed by atoms with Crippen LogP contribution in [0.25, 0.3) is 6.08 Å². The first-order valence-corrected chi connectivity index (χ1v) is 7.35. The zero-order valence-corrected chi connectivity index (χ0v) is 13.8. The zero-order valence-electron chi connectivity index (χ0n) is 13.8. The molecule has 0 aliphatic rings. The lowest BCUT2D eigenvalue weighted by Crippen LogP contribution is -2.13. The van der Waals surface area contributed by atoms with Crippen molar-refractivity contribution in [1.82, 2.24) is 0 Å². The van der Waals surface area contributed by atoms with Crippen molar-refractivity contribution >= 4 is 29.0 Å². The van der Waals surface area contributed by atoms with E-state index >= 15 is 0 Å². The highest BCUT2D eigenvalue weighted by molar-refractivity contribution is 6.09. The Kier molecular flexibility index (Phi) is 5.48. The van der Waals surface area contributed by atoms with Crippen molar-refractivity contribution in [2.45, 2.75) is 0 Å². The number of carbonyl (C=O) groups is 1. The second kappa shape index (κ2) is 7.75. The first-order chi connectivity index (χ1) is 11.9. The van der Waals surface area contributed by atoms with E-state index in [-0.39, 0.29) is 16.9 Å². The molecule has 0 heterocycles. The van der Waals surface area contributed by atoms with Crippen molar-refractivity contribution in [1.29, 1.82) is 5.26 Å². The molecule has 0 saturated carbocycles. The van der Waals surface area contributed by atoms with Crippen molar-refractivity contribution in [3.63, 3.8) is 0 Å². The van der Waals surface area contributed by atoms with Crippen LogP contribution in [0.4, 0.5) is 17.1 Å². The van der Waals surface area contributed by atoms with Gasteiger partial charge in [0.2, 0.25) is 0 Å². The molecule has 0 atom stereocenters. The minimum Gasteiger partial charge on any atom is -0.378 e. The Morgan fingerprint density at radius 1 is 1.24 bits per heavy atom. The number of hydrogen-bond donors (Lipinski definition) is 1. The smallest absolute Gasteiger partial charge is 0.271 e. The summed E-state index contributed by atoms with van der Waals surface area (Å²) in [5, 5.41) is 22.5. The van der Waals surface area contributed by atoms with E-state index in [9.17, 15) is 20.2 Å². The Balaban J connectivity index is 2.19. The molecule has 0 spiro atoms. The molecule has 1 N–H and O–H groups in total. The SMILES string of the molecule is CN(C)c1ccc(/C=C(/C#N)C(=O)Nc2cccc([N+](=O)[O-])c2)cc1. The van der Waals surface area contributed by atoms with E-state index in [1.54, 1.807) is 12.1 Å². The Bertz CT molecular complexity index is 865. The van der Waals surface area contributed by atoms with E-state index in [0.717, 1.165) is 5.69 Å². The number of nitriles is 1. The fraction of sp³-hybridized carbons (Fsp3) is 0.111. The van der Waals surface area contributed by atoms with Gasteiger partial charge in [0.25, 0.3) is 11.6 Å². The van der Waals surface area contributed by atoms with Crippen LogP contribution in [0.1, 0.15) is 5.56 Å². The molecule has 0 aliphatic carbocycles. The standard InChI is InChI=1S/C18H16N4O3/c1-21(2)16-8-6-13(7-9-16)10-14(12-19)18(23)20-15-4-3-5-17(11-15)22(24)25/h3-11H,1-2H3,(H,20,23)/b14-10-. The molecule has 7 heteroatoms. The number of nitro benzene ring substituents is 1. The van der Waals surface area contributed by atoms with Crippen LogP contribution < -0.4 is 10.2 Å². The molecule has 0 radical (unpaired) electrons. The molecule has 1 amide bonds. The Morgan fingerprint density at radius 3 is 2.48 bits per heavy atom. The van der Waals surface area contributed by atoms with E-state index in [2.05, 4.69) is 5.32 Å². The second-order valence-corrected chi connectivity index (χ2v) is 5.42. The summed E-state index contributed by atoms with van der Waals surface area (Å²) in [5.41, 5.74) is 1.72. The van der Waals surface area contributed by atoms with Gasteiger partial charge in [-0.25, -0.2) is 0 Å². The van der Waals surface area contributed by atoms with Crippen LogP contribution in [0, 0.1) is 21.4 Å². The van der Waals surface area contributed by atoms with Crippen LogP contribution in [0.2, 0.25) is 0 Å². The van der Waals surface area contributed by atoms with Crippen molar-refractivity contribution in [3.05, 3.63) is 69.8 Å². The molecule has 0 fully saturated rings. The fourth-order valence-corrected chi connectivity index (χ4v) is 2.08. The van der Waals surface area contributed by atoms with Gasteiger partial charge in [0.05, 0.1) is 4.92 Å². The predicted octanol–water partition coefficient (Wildman–Crippen LogP) is 3.21. The zero-order chi connectivity index (χ0) is 18.4. The summed E-state index contributed by atoms with van der Waals surface area (Å²) >= 11 is 0. The summed E-state index contributed by atoms with van der Waals surface area (Å²) in [6.07, 6.45) is 1.46. The Morgan fingerprint density at radius 2 is 1.92 bits per heavy atom. The molecule has 0 saturated heterocycles. The van der Waals surface area contributed by atoms with E-state index in [4.69, 9.17) is 0 Å². The average Bonchev–Trinajstić information content (AvgIpc) is 2.60. The predicted molar refractivity (Wildman–Crippen MR) is 96.1 cm³/mol. The molecule has 126 valence electrons. The van der Waals surface area contributed by atoms with E-state index in [1.165, 1.54) is 30.3 Å². The van der Waals surface area contributed by atoms with Gasteiger partial charge in [-0.15, -0.1) is 0 Å². The van der Waals surface area contributed by atoms with Gasteiger partial charge in [-0.3, -0.25) is 14.9 Å². The van der Waals surface area contributed by atoms with Crippen molar-refractivity contribution < 1.29 is 9.72 Å². The second-order valence-electron chi connectivity index (χ2n) is 5.42. The highest BCUT2D eigenvalue weighted by Crippen LogP contribution is 2.19. The summed E-state index contributed by atoms with van der Waals surface area (Å²) in [6, 6.07) is 14.7. The molecule has 25 heavy (non-hydrogen) atoms. The average molecular weight is 336 g/mol. The fourth-order valence-electron chi connectivity index (χ4n) is 2.08. The lowest BCUT2D eigenvalue weighted by atomic mass is 10.1. The number of nitrogens with one attached hydrogen (secondary N) is 1. The number of rotatable bonds is 5. The van der Waals surface area contributed by atoms with Gasteiger partial charge in [0.15, 0.2) is 0 Å². The molecule has 2 aromatic carbocycles. The van der Waals surface area contributed by atoms with Crippen LogP contribution in [0.15, 0.2) is 54.1 Å². The molecule has 0 aromatic heterocycles. The highest BCUT2D eigenvalue weighted by atomic mass is 16.6. The molecule has 0 bridgehead atoms. The quantitative estimate of drug-likeness (QED) is 0.391. The molecule has 0 unspecified atom stereocenters. The number of nitro groups is 1. The summed E-state index contributed by atoms with van der Waals surface area (Å²) in [6.45, 7) is 0. The van der Waals surface area contributed by atoms with Gasteiger partial charge in [-0.2, -0.15) is 5.26 Å². The number of benzene rings is 2. The monoisotopic (exact) mass is 336 g/mol. The van der Waals surface area contributed by atoms with Gasteiger partial charge < -0.3 is 10.2 Å². The van der Waals surface area contributed by atoms with E-state index < -0.39 is 10.8 Å². The number of anilines is 2. The molecule has 2 rings (SSSR count). The maximum Gasteiger partial charge on any atom is 0.271 e. The molecule has 0 aliphatic heterocycles. The molecular weight excluding hydrogens is 320 g/mol. The maximum atomic E-state index is 12.2. The van der Waals surface area contributed by atoms with Crippen molar-refractivity contribution in [3.8, 4) is 6.07 Å². The number of amides is 1. The topological polar surface area (TPSA) is 99.3 Å². The minimum atomic E-state index is -0.625. The van der Waals surface area contributed by atoms with Gasteiger partial charge in [0, 0.05) is 37.6 Å². The highest BCUT2D eigenvalue weighted by Gasteiger charge is 2.12. The number of carbonyl (C=O) groups excluding carboxylic acids is 1. The lowest BCUT2D eigenvalue weighted by Gasteiger charge is -2.11. The van der Waals surface area contributed by atoms with Gasteiger partial charge in [-0.05, 0) is 29.8 Å². The Labute approximate surface area is 145 Å². The van der Waals surface area contributed by atoms with Crippen molar-refractivity contribution in [2.75, 3.05) is 24.3 Å². The van der Waals surface area contributed by atoms with Crippen LogP contribution in [0.3, 0.4) is 0 Å². The molecule has 2 aromatic rings. The van der Waals surface area contributed by atoms with Crippen LogP contribution in [-0.4, -0.2) is 24.9 Å². The lowest BCUT2D eigenvalue weighted by molar-refractivity contribution is -0.384. The van der Waals surface area contributed by atoms with Crippen LogP contribution in [0.5, 0.6) is 0 Å². The number of nitrogens with zero attached hydrogens (tertiary/aromatic N) is 3. The van der Waals surface area contributed by atoms with Gasteiger partial charge in [-0.1, -0.05) is 18.2 Å². The van der Waals surface area contributed by atoms with Crippen LogP contribution in [-0.2, 0) is 4.79 Å². The van der Waals surface area contributed by atoms with Gasteiger partial charge in [0.1, 0.15) is 11.6 Å². The number of non-ortho nitro benzene ring substituents is 1.